The summed E-state index contributed by atoms with van der Waals surface area (Å²) in [7, 11) is 0. The molecule has 3 rings (SSSR count). The number of nitrogens with zero attached hydrogens (tertiary/aromatic N) is 2. The molecule has 5 heteroatoms. The highest BCUT2D eigenvalue weighted by Gasteiger charge is 2.16. The van der Waals surface area contributed by atoms with Crippen LogP contribution in [0.1, 0.15) is 35.0 Å². The molecule has 0 radical (unpaired) electrons. The maximum atomic E-state index is 5.59. The topological polar surface area (TPSA) is 79.6 Å². The number of rotatable bonds is 4. The van der Waals surface area contributed by atoms with E-state index >= 15 is 0 Å². The molecule has 1 unspecified atom stereocenters. The van der Waals surface area contributed by atoms with Crippen molar-refractivity contribution in [2.45, 2.75) is 31.7 Å². The average Bonchev–Trinajstić information content (AvgIpc) is 3.06. The number of nitrogens with one attached hydrogen (secondary N) is 2. The fourth-order valence-electron chi connectivity index (χ4n) is 2.61. The number of aromatic nitrogens is 3. The third kappa shape index (κ3) is 2.14. The van der Waals surface area contributed by atoms with E-state index < -0.39 is 0 Å². The highest BCUT2D eigenvalue weighted by atomic mass is 15.3. The number of nitrogens with two attached hydrogens (primary N) is 1. The standard InChI is InChI=1S/C13H17N5/c14-17-12(13-15-8-16-18-13)7-9-4-5-10-2-1-3-11(10)6-9/h4-6,8,12,17H,1-3,7,14H2,(H,15,16,18). The van der Waals surface area contributed by atoms with Crippen LogP contribution in [-0.4, -0.2) is 15.2 Å². The molecule has 1 aliphatic rings. The highest BCUT2D eigenvalue weighted by Crippen LogP contribution is 2.24. The summed E-state index contributed by atoms with van der Waals surface area (Å²) in [5, 5.41) is 6.72. The van der Waals surface area contributed by atoms with E-state index in [1.54, 1.807) is 0 Å². The Morgan fingerprint density at radius 3 is 3.00 bits per heavy atom. The van der Waals surface area contributed by atoms with E-state index in [9.17, 15) is 0 Å². The van der Waals surface area contributed by atoms with Crippen LogP contribution in [0.3, 0.4) is 0 Å². The number of benzene rings is 1. The van der Waals surface area contributed by atoms with Crippen LogP contribution >= 0.6 is 0 Å². The van der Waals surface area contributed by atoms with Crippen molar-refractivity contribution in [2.75, 3.05) is 0 Å². The molecule has 1 aliphatic carbocycles. The maximum Gasteiger partial charge on any atom is 0.143 e. The number of fused-ring (bicyclic) bond motifs is 1. The van der Waals surface area contributed by atoms with Gasteiger partial charge in [0.2, 0.25) is 0 Å². The van der Waals surface area contributed by atoms with Gasteiger partial charge in [-0.25, -0.2) is 10.4 Å². The van der Waals surface area contributed by atoms with Crippen LogP contribution in [0.4, 0.5) is 0 Å². The minimum atomic E-state index is -0.0213. The smallest absolute Gasteiger partial charge is 0.143 e. The first-order chi connectivity index (χ1) is 8.86. The Morgan fingerprint density at radius 2 is 2.22 bits per heavy atom. The van der Waals surface area contributed by atoms with Crippen LogP contribution in [0.25, 0.3) is 0 Å². The second kappa shape index (κ2) is 4.88. The summed E-state index contributed by atoms with van der Waals surface area (Å²) in [5.74, 6) is 6.36. The van der Waals surface area contributed by atoms with Gasteiger partial charge in [0.05, 0.1) is 6.04 Å². The summed E-state index contributed by atoms with van der Waals surface area (Å²) in [6.45, 7) is 0. The lowest BCUT2D eigenvalue weighted by atomic mass is 10.0. The van der Waals surface area contributed by atoms with Crippen LogP contribution < -0.4 is 11.3 Å². The zero-order chi connectivity index (χ0) is 12.4. The van der Waals surface area contributed by atoms with Gasteiger partial charge < -0.3 is 0 Å². The van der Waals surface area contributed by atoms with Crippen LogP contribution in [-0.2, 0) is 19.3 Å². The molecule has 0 fully saturated rings. The summed E-state index contributed by atoms with van der Waals surface area (Å²) in [6.07, 6.45) is 6.02. The van der Waals surface area contributed by atoms with Gasteiger partial charge in [-0.05, 0) is 42.4 Å². The second-order valence-electron chi connectivity index (χ2n) is 4.75. The van der Waals surface area contributed by atoms with Gasteiger partial charge >= 0.3 is 0 Å². The van der Waals surface area contributed by atoms with E-state index in [0.717, 1.165) is 12.2 Å². The van der Waals surface area contributed by atoms with Crippen molar-refractivity contribution < 1.29 is 0 Å². The van der Waals surface area contributed by atoms with E-state index in [2.05, 4.69) is 38.8 Å². The van der Waals surface area contributed by atoms with Gasteiger partial charge in [-0.1, -0.05) is 18.2 Å². The zero-order valence-electron chi connectivity index (χ0n) is 10.2. The number of hydrogen-bond donors (Lipinski definition) is 3. The van der Waals surface area contributed by atoms with Crippen molar-refractivity contribution in [2.24, 2.45) is 5.84 Å². The summed E-state index contributed by atoms with van der Waals surface area (Å²) < 4.78 is 0. The molecule has 5 nitrogen and oxygen atoms in total. The van der Waals surface area contributed by atoms with Crippen molar-refractivity contribution in [3.63, 3.8) is 0 Å². The van der Waals surface area contributed by atoms with Crippen molar-refractivity contribution in [1.29, 1.82) is 0 Å². The number of hydrazine groups is 1. The molecule has 0 saturated carbocycles. The van der Waals surface area contributed by atoms with E-state index in [1.807, 2.05) is 0 Å². The van der Waals surface area contributed by atoms with Gasteiger partial charge in [0, 0.05) is 0 Å². The maximum absolute atomic E-state index is 5.59. The predicted octanol–water partition coefficient (Wildman–Crippen LogP) is 1.04. The fraction of sp³-hybridized carbons (Fsp3) is 0.385. The average molecular weight is 243 g/mol. The van der Waals surface area contributed by atoms with Gasteiger partial charge in [-0.3, -0.25) is 10.9 Å². The molecular weight excluding hydrogens is 226 g/mol. The molecular formula is C13H17N5. The normalized spacial score (nSPS) is 15.6. The second-order valence-corrected chi connectivity index (χ2v) is 4.75. The molecule has 2 aromatic rings. The Bertz CT molecular complexity index is 520. The molecule has 4 N–H and O–H groups in total. The Balaban J connectivity index is 1.79. The highest BCUT2D eigenvalue weighted by molar-refractivity contribution is 5.35. The molecule has 1 aromatic heterocycles. The molecule has 1 atom stereocenters. The molecule has 0 aliphatic heterocycles. The zero-order valence-corrected chi connectivity index (χ0v) is 10.2. The van der Waals surface area contributed by atoms with Gasteiger partial charge in [-0.2, -0.15) is 5.10 Å². The van der Waals surface area contributed by atoms with Crippen molar-refractivity contribution in [1.82, 2.24) is 20.6 Å². The molecule has 0 bridgehead atoms. The van der Waals surface area contributed by atoms with Gasteiger partial charge in [0.1, 0.15) is 12.2 Å². The summed E-state index contributed by atoms with van der Waals surface area (Å²) in [5.41, 5.74) is 7.06. The van der Waals surface area contributed by atoms with Crippen LogP contribution in [0, 0.1) is 0 Å². The van der Waals surface area contributed by atoms with Crippen LogP contribution in [0.15, 0.2) is 24.5 Å². The lowest BCUT2D eigenvalue weighted by molar-refractivity contribution is 0.524. The molecule has 0 saturated heterocycles. The number of H-pyrrole nitrogens is 1. The Hall–Kier alpha value is -1.72. The van der Waals surface area contributed by atoms with Gasteiger partial charge in [0.25, 0.3) is 0 Å². The largest absolute Gasteiger partial charge is 0.271 e. The summed E-state index contributed by atoms with van der Waals surface area (Å²) in [4.78, 5) is 4.15. The van der Waals surface area contributed by atoms with E-state index in [1.165, 1.54) is 42.3 Å². The number of aromatic amines is 1. The molecule has 18 heavy (non-hydrogen) atoms. The Morgan fingerprint density at radius 1 is 1.33 bits per heavy atom. The van der Waals surface area contributed by atoms with Crippen molar-refractivity contribution in [3.05, 3.63) is 47.0 Å². The molecule has 94 valence electrons. The first-order valence-electron chi connectivity index (χ1n) is 6.29. The Labute approximate surface area is 106 Å². The third-order valence-corrected chi connectivity index (χ3v) is 3.57. The number of hydrogen-bond acceptors (Lipinski definition) is 4. The van der Waals surface area contributed by atoms with Gasteiger partial charge in [0.15, 0.2) is 0 Å². The third-order valence-electron chi connectivity index (χ3n) is 3.57. The first kappa shape index (κ1) is 11.4. The summed E-state index contributed by atoms with van der Waals surface area (Å²) >= 11 is 0. The Kier molecular flexibility index (Phi) is 3.08. The summed E-state index contributed by atoms with van der Waals surface area (Å²) in [6, 6.07) is 6.70. The van der Waals surface area contributed by atoms with Crippen LogP contribution in [0.2, 0.25) is 0 Å². The van der Waals surface area contributed by atoms with E-state index in [-0.39, 0.29) is 6.04 Å². The van der Waals surface area contributed by atoms with Crippen molar-refractivity contribution >= 4 is 0 Å². The molecule has 0 amide bonds. The first-order valence-corrected chi connectivity index (χ1v) is 6.29. The molecule has 1 heterocycles. The minimum absolute atomic E-state index is 0.0213. The predicted molar refractivity (Wildman–Crippen MR) is 68.6 cm³/mol. The lowest BCUT2D eigenvalue weighted by Crippen LogP contribution is -2.30. The fourth-order valence-corrected chi connectivity index (χ4v) is 2.61. The minimum Gasteiger partial charge on any atom is -0.271 e. The van der Waals surface area contributed by atoms with E-state index in [0.29, 0.717) is 0 Å². The molecule has 0 spiro atoms. The van der Waals surface area contributed by atoms with Gasteiger partial charge in [-0.15, -0.1) is 0 Å². The van der Waals surface area contributed by atoms with E-state index in [4.69, 9.17) is 5.84 Å². The monoisotopic (exact) mass is 243 g/mol. The SMILES string of the molecule is NNC(Cc1ccc2c(c1)CCC2)c1ncn[nH]1. The molecule has 1 aromatic carbocycles. The van der Waals surface area contributed by atoms with Crippen molar-refractivity contribution in [3.8, 4) is 0 Å². The van der Waals surface area contributed by atoms with Crippen LogP contribution in [0.5, 0.6) is 0 Å². The number of aryl methyl sites for hydroxylation is 2. The quantitative estimate of drug-likeness (QED) is 0.553. The lowest BCUT2D eigenvalue weighted by Gasteiger charge is -2.13.